The predicted molar refractivity (Wildman–Crippen MR) is 103 cm³/mol. The second-order valence-corrected chi connectivity index (χ2v) is 6.72. The van der Waals surface area contributed by atoms with Crippen molar-refractivity contribution in [2.45, 2.75) is 25.3 Å². The van der Waals surface area contributed by atoms with Crippen molar-refractivity contribution in [3.8, 4) is 0 Å². The topological polar surface area (TPSA) is 81.7 Å². The van der Waals surface area contributed by atoms with Gasteiger partial charge in [-0.3, -0.25) is 0 Å². The van der Waals surface area contributed by atoms with Gasteiger partial charge in [-0.15, -0.1) is 12.4 Å². The maximum atomic E-state index is 12.2. The first kappa shape index (κ1) is 20.3. The van der Waals surface area contributed by atoms with E-state index in [1.54, 1.807) is 6.08 Å². The van der Waals surface area contributed by atoms with E-state index in [1.807, 2.05) is 29.2 Å². The van der Waals surface area contributed by atoms with E-state index in [-0.39, 0.29) is 24.5 Å². The molecule has 2 aliphatic heterocycles. The van der Waals surface area contributed by atoms with Gasteiger partial charge in [-0.2, -0.15) is 0 Å². The molecule has 6 nitrogen and oxygen atoms in total. The summed E-state index contributed by atoms with van der Waals surface area (Å²) in [4.78, 5) is 24.7. The molecule has 0 aliphatic carbocycles. The number of aliphatic carboxylic acids is 1. The molecular formula is C19H26ClN3O3. The third kappa shape index (κ3) is 5.22. The van der Waals surface area contributed by atoms with Gasteiger partial charge in [0.05, 0.1) is 6.04 Å². The van der Waals surface area contributed by atoms with Crippen molar-refractivity contribution >= 4 is 30.5 Å². The van der Waals surface area contributed by atoms with Crippen LogP contribution >= 0.6 is 12.4 Å². The fourth-order valence-corrected chi connectivity index (χ4v) is 3.58. The summed E-state index contributed by atoms with van der Waals surface area (Å²) in [5, 5.41) is 15.0. The zero-order chi connectivity index (χ0) is 17.6. The first-order valence-electron chi connectivity index (χ1n) is 8.89. The highest BCUT2D eigenvalue weighted by molar-refractivity contribution is 5.85. The first-order chi connectivity index (χ1) is 12.1. The van der Waals surface area contributed by atoms with Crippen molar-refractivity contribution < 1.29 is 14.7 Å². The van der Waals surface area contributed by atoms with Crippen molar-refractivity contribution in [2.24, 2.45) is 5.92 Å². The summed E-state index contributed by atoms with van der Waals surface area (Å²) in [6, 6.07) is 7.79. The minimum Gasteiger partial charge on any atom is -0.478 e. The van der Waals surface area contributed by atoms with Gasteiger partial charge in [-0.1, -0.05) is 24.3 Å². The van der Waals surface area contributed by atoms with Crippen LogP contribution in [-0.4, -0.2) is 48.2 Å². The number of nitrogens with one attached hydrogen (secondary N) is 2. The number of halogens is 1. The molecule has 0 bridgehead atoms. The molecule has 2 amide bonds. The van der Waals surface area contributed by atoms with Crippen LogP contribution in [0.15, 0.2) is 30.3 Å². The van der Waals surface area contributed by atoms with Crippen LogP contribution in [0, 0.1) is 5.92 Å². The number of amides is 2. The summed E-state index contributed by atoms with van der Waals surface area (Å²) in [5.41, 5.74) is 1.92. The Balaban J connectivity index is 0.00000243. The molecule has 0 aromatic heterocycles. The highest BCUT2D eigenvalue weighted by Gasteiger charge is 2.32. The molecule has 2 aliphatic rings. The van der Waals surface area contributed by atoms with Crippen LogP contribution in [0.1, 0.15) is 36.4 Å². The quantitative estimate of drug-likeness (QED) is 0.664. The number of benzene rings is 1. The molecule has 2 heterocycles. The van der Waals surface area contributed by atoms with Crippen LogP contribution in [0.3, 0.4) is 0 Å². The number of carboxylic acid groups (broad SMARTS) is 1. The van der Waals surface area contributed by atoms with Gasteiger partial charge >= 0.3 is 12.0 Å². The Labute approximate surface area is 160 Å². The first-order valence-corrected chi connectivity index (χ1v) is 8.89. The Bertz CT molecular complexity index is 642. The van der Waals surface area contributed by atoms with Gasteiger partial charge in [0.2, 0.25) is 0 Å². The second-order valence-electron chi connectivity index (χ2n) is 6.72. The van der Waals surface area contributed by atoms with Crippen LogP contribution in [0.4, 0.5) is 4.79 Å². The lowest BCUT2D eigenvalue weighted by molar-refractivity contribution is -0.131. The minimum atomic E-state index is -0.959. The van der Waals surface area contributed by atoms with E-state index in [2.05, 4.69) is 10.6 Å². The van der Waals surface area contributed by atoms with Gasteiger partial charge in [0.1, 0.15) is 0 Å². The van der Waals surface area contributed by atoms with Crippen molar-refractivity contribution in [2.75, 3.05) is 26.2 Å². The molecule has 0 radical (unpaired) electrons. The molecule has 1 aromatic carbocycles. The standard InChI is InChI=1S/C19H25N3O3.ClH/c23-18(24)6-3-14-1-4-16(5-2-14)17-13-21-19(25)22(17)12-9-15-7-10-20-11-8-15;/h1-6,15,17,20H,7-13H2,(H,21,25)(H,23,24);1H. The lowest BCUT2D eigenvalue weighted by atomic mass is 9.94. The smallest absolute Gasteiger partial charge is 0.328 e. The Morgan fingerprint density at radius 1 is 1.23 bits per heavy atom. The third-order valence-electron chi connectivity index (χ3n) is 5.06. The average Bonchev–Trinajstić information content (AvgIpc) is 3.00. The molecule has 3 N–H and O–H groups in total. The Morgan fingerprint density at radius 2 is 1.92 bits per heavy atom. The number of hydrogen-bond acceptors (Lipinski definition) is 3. The Hall–Kier alpha value is -2.05. The van der Waals surface area contributed by atoms with Crippen molar-refractivity contribution in [3.63, 3.8) is 0 Å². The molecule has 7 heteroatoms. The van der Waals surface area contributed by atoms with Gasteiger partial charge in [0, 0.05) is 19.2 Å². The number of rotatable bonds is 6. The Morgan fingerprint density at radius 3 is 2.58 bits per heavy atom. The van der Waals surface area contributed by atoms with E-state index >= 15 is 0 Å². The summed E-state index contributed by atoms with van der Waals surface area (Å²) in [6.45, 7) is 3.55. The maximum absolute atomic E-state index is 12.2. The number of carbonyl (C=O) groups is 2. The molecule has 0 spiro atoms. The fourth-order valence-electron chi connectivity index (χ4n) is 3.58. The van der Waals surface area contributed by atoms with Gasteiger partial charge in [-0.25, -0.2) is 9.59 Å². The largest absolute Gasteiger partial charge is 0.478 e. The molecule has 1 atom stereocenters. The highest BCUT2D eigenvalue weighted by atomic mass is 35.5. The summed E-state index contributed by atoms with van der Waals surface area (Å²) in [6.07, 6.45) is 6.11. The number of hydrogen-bond donors (Lipinski definition) is 3. The Kier molecular flexibility index (Phi) is 7.48. The van der Waals surface area contributed by atoms with Crippen LogP contribution in [-0.2, 0) is 4.79 Å². The fraction of sp³-hybridized carbons (Fsp3) is 0.474. The van der Waals surface area contributed by atoms with Gasteiger partial charge in [0.15, 0.2) is 0 Å². The van der Waals surface area contributed by atoms with Crippen LogP contribution in [0.25, 0.3) is 6.08 Å². The lowest BCUT2D eigenvalue weighted by Crippen LogP contribution is -2.34. The van der Waals surface area contributed by atoms with Gasteiger partial charge < -0.3 is 20.6 Å². The number of carbonyl (C=O) groups excluding carboxylic acids is 1. The second kappa shape index (κ2) is 9.59. The average molecular weight is 380 g/mol. The monoisotopic (exact) mass is 379 g/mol. The van der Waals surface area contributed by atoms with E-state index in [9.17, 15) is 9.59 Å². The third-order valence-corrected chi connectivity index (χ3v) is 5.06. The van der Waals surface area contributed by atoms with E-state index < -0.39 is 5.97 Å². The molecular weight excluding hydrogens is 354 g/mol. The summed E-state index contributed by atoms with van der Waals surface area (Å²) >= 11 is 0. The maximum Gasteiger partial charge on any atom is 0.328 e. The van der Waals surface area contributed by atoms with E-state index in [4.69, 9.17) is 5.11 Å². The van der Waals surface area contributed by atoms with Gasteiger partial charge in [0.25, 0.3) is 0 Å². The summed E-state index contributed by atoms with van der Waals surface area (Å²) in [5.74, 6) is -0.266. The lowest BCUT2D eigenvalue weighted by Gasteiger charge is -2.28. The van der Waals surface area contributed by atoms with E-state index in [1.165, 1.54) is 12.8 Å². The number of nitrogens with zero attached hydrogens (tertiary/aromatic N) is 1. The molecule has 2 saturated heterocycles. The van der Waals surface area contributed by atoms with Gasteiger partial charge in [-0.05, 0) is 55.5 Å². The van der Waals surface area contributed by atoms with Crippen molar-refractivity contribution in [1.29, 1.82) is 0 Å². The van der Waals surface area contributed by atoms with Crippen LogP contribution < -0.4 is 10.6 Å². The predicted octanol–water partition coefficient (Wildman–Crippen LogP) is 2.66. The number of urea groups is 1. The van der Waals surface area contributed by atoms with Crippen molar-refractivity contribution in [3.05, 3.63) is 41.5 Å². The zero-order valence-corrected chi connectivity index (χ0v) is 15.5. The van der Waals surface area contributed by atoms with Crippen molar-refractivity contribution in [1.82, 2.24) is 15.5 Å². The summed E-state index contributed by atoms with van der Waals surface area (Å²) < 4.78 is 0. The summed E-state index contributed by atoms with van der Waals surface area (Å²) in [7, 11) is 0. The molecule has 0 saturated carbocycles. The molecule has 142 valence electrons. The zero-order valence-electron chi connectivity index (χ0n) is 14.7. The normalized spacial score (nSPS) is 20.8. The van der Waals surface area contributed by atoms with Crippen LogP contribution in [0.2, 0.25) is 0 Å². The number of carboxylic acids is 1. The number of piperidine rings is 1. The van der Waals surface area contributed by atoms with Crippen LogP contribution in [0.5, 0.6) is 0 Å². The van der Waals surface area contributed by atoms with E-state index in [0.29, 0.717) is 12.5 Å². The highest BCUT2D eigenvalue weighted by Crippen LogP contribution is 2.27. The molecule has 2 fully saturated rings. The van der Waals surface area contributed by atoms with E-state index in [0.717, 1.165) is 43.3 Å². The molecule has 3 rings (SSSR count). The SMILES string of the molecule is Cl.O=C(O)C=Cc1ccc(C2CNC(=O)N2CCC2CCNCC2)cc1. The molecule has 1 aromatic rings. The molecule has 26 heavy (non-hydrogen) atoms. The molecule has 1 unspecified atom stereocenters. The minimum absolute atomic E-state index is 0.